The maximum atomic E-state index is 8.48. The van der Waals surface area contributed by atoms with Crippen LogP contribution in [0.5, 0.6) is 0 Å². The number of aliphatic hydroxyl groups excluding tert-OH is 1. The molecular formula is C6H13NO. The van der Waals surface area contributed by atoms with Gasteiger partial charge in [-0.1, -0.05) is 6.92 Å². The lowest BCUT2D eigenvalue weighted by Gasteiger charge is -2.04. The van der Waals surface area contributed by atoms with Crippen molar-refractivity contribution in [1.82, 2.24) is 0 Å². The van der Waals surface area contributed by atoms with Crippen LogP contribution in [-0.2, 0) is 0 Å². The predicted molar refractivity (Wildman–Crippen MR) is 32.4 cm³/mol. The molecular weight excluding hydrogens is 102 g/mol. The molecule has 0 aliphatic heterocycles. The van der Waals surface area contributed by atoms with Gasteiger partial charge < -0.3 is 10.8 Å². The van der Waals surface area contributed by atoms with Crippen LogP contribution in [0.3, 0.4) is 0 Å². The number of hydrogen-bond acceptors (Lipinski definition) is 2. The molecule has 2 atom stereocenters. The highest BCUT2D eigenvalue weighted by Crippen LogP contribution is 2.42. The molecule has 2 nitrogen and oxygen atoms in total. The van der Waals surface area contributed by atoms with E-state index in [1.807, 2.05) is 0 Å². The third-order valence-electron chi connectivity index (χ3n) is 2.08. The van der Waals surface area contributed by atoms with Crippen LogP contribution >= 0.6 is 0 Å². The van der Waals surface area contributed by atoms with E-state index in [1.165, 1.54) is 0 Å². The van der Waals surface area contributed by atoms with Gasteiger partial charge in [-0.05, 0) is 18.8 Å². The van der Waals surface area contributed by atoms with E-state index in [0.717, 1.165) is 12.8 Å². The SMILES string of the molecule is CC1CC1(N)CCO. The monoisotopic (exact) mass is 115 g/mol. The summed E-state index contributed by atoms with van der Waals surface area (Å²) in [4.78, 5) is 0. The molecule has 2 unspecified atom stereocenters. The van der Waals surface area contributed by atoms with Gasteiger partial charge in [-0.15, -0.1) is 0 Å². The fourth-order valence-electron chi connectivity index (χ4n) is 1.07. The second-order valence-electron chi connectivity index (χ2n) is 2.81. The number of aliphatic hydroxyl groups is 1. The molecule has 1 aliphatic rings. The van der Waals surface area contributed by atoms with Gasteiger partial charge >= 0.3 is 0 Å². The largest absolute Gasteiger partial charge is 0.396 e. The summed E-state index contributed by atoms with van der Waals surface area (Å²) in [6.45, 7) is 2.36. The van der Waals surface area contributed by atoms with Crippen LogP contribution in [0, 0.1) is 5.92 Å². The summed E-state index contributed by atoms with van der Waals surface area (Å²) in [5.74, 6) is 0.634. The van der Waals surface area contributed by atoms with Crippen LogP contribution in [0.25, 0.3) is 0 Å². The third-order valence-corrected chi connectivity index (χ3v) is 2.08. The van der Waals surface area contributed by atoms with Crippen LogP contribution in [-0.4, -0.2) is 17.3 Å². The molecule has 1 saturated carbocycles. The van der Waals surface area contributed by atoms with Gasteiger partial charge in [0.25, 0.3) is 0 Å². The quantitative estimate of drug-likeness (QED) is 0.536. The summed E-state index contributed by atoms with van der Waals surface area (Å²) in [5.41, 5.74) is 5.75. The number of hydrogen-bond donors (Lipinski definition) is 2. The van der Waals surface area contributed by atoms with E-state index < -0.39 is 0 Å². The number of nitrogens with two attached hydrogens (primary N) is 1. The van der Waals surface area contributed by atoms with Crippen LogP contribution in [0.1, 0.15) is 19.8 Å². The first kappa shape index (κ1) is 6.05. The topological polar surface area (TPSA) is 46.2 Å². The van der Waals surface area contributed by atoms with Gasteiger partial charge in [0.1, 0.15) is 0 Å². The lowest BCUT2D eigenvalue weighted by Crippen LogP contribution is -2.25. The lowest BCUT2D eigenvalue weighted by atomic mass is 10.2. The summed E-state index contributed by atoms with van der Waals surface area (Å²) < 4.78 is 0. The van der Waals surface area contributed by atoms with Crippen molar-refractivity contribution in [2.24, 2.45) is 11.7 Å². The van der Waals surface area contributed by atoms with Gasteiger partial charge in [0.2, 0.25) is 0 Å². The van der Waals surface area contributed by atoms with Crippen LogP contribution in [0.4, 0.5) is 0 Å². The van der Waals surface area contributed by atoms with E-state index in [4.69, 9.17) is 10.8 Å². The predicted octanol–water partition coefficient (Wildman–Crippen LogP) is 0.106. The molecule has 0 spiro atoms. The Morgan fingerprint density at radius 1 is 1.88 bits per heavy atom. The molecule has 48 valence electrons. The van der Waals surface area contributed by atoms with E-state index >= 15 is 0 Å². The normalized spacial score (nSPS) is 44.6. The highest BCUT2D eigenvalue weighted by atomic mass is 16.3. The first-order valence-corrected chi connectivity index (χ1v) is 3.09. The van der Waals surface area contributed by atoms with Gasteiger partial charge in [-0.2, -0.15) is 0 Å². The second-order valence-corrected chi connectivity index (χ2v) is 2.81. The van der Waals surface area contributed by atoms with E-state index in [1.54, 1.807) is 0 Å². The molecule has 1 fully saturated rings. The highest BCUT2D eigenvalue weighted by Gasteiger charge is 2.46. The molecule has 0 aromatic carbocycles. The first-order chi connectivity index (χ1) is 3.69. The summed E-state index contributed by atoms with van der Waals surface area (Å²) in [5, 5.41) is 8.48. The Labute approximate surface area is 49.7 Å². The van der Waals surface area contributed by atoms with Crippen molar-refractivity contribution < 1.29 is 5.11 Å². The smallest absolute Gasteiger partial charge is 0.0448 e. The molecule has 0 amide bonds. The Hall–Kier alpha value is -0.0800. The van der Waals surface area contributed by atoms with E-state index in [9.17, 15) is 0 Å². The van der Waals surface area contributed by atoms with Gasteiger partial charge in [0, 0.05) is 12.1 Å². The van der Waals surface area contributed by atoms with Crippen LogP contribution in [0.2, 0.25) is 0 Å². The molecule has 0 bridgehead atoms. The average Bonchev–Trinajstić information content (AvgIpc) is 2.16. The Morgan fingerprint density at radius 3 is 2.50 bits per heavy atom. The molecule has 0 aromatic rings. The lowest BCUT2D eigenvalue weighted by molar-refractivity contribution is 0.268. The standard InChI is InChI=1S/C6H13NO/c1-5-4-6(5,7)2-3-8/h5,8H,2-4,7H2,1H3. The van der Waals surface area contributed by atoms with Crippen LogP contribution < -0.4 is 5.73 Å². The molecule has 0 aromatic heterocycles. The van der Waals surface area contributed by atoms with Crippen molar-refractivity contribution in [2.45, 2.75) is 25.3 Å². The van der Waals surface area contributed by atoms with Crippen LogP contribution in [0.15, 0.2) is 0 Å². The first-order valence-electron chi connectivity index (χ1n) is 3.09. The average molecular weight is 115 g/mol. The molecule has 8 heavy (non-hydrogen) atoms. The minimum Gasteiger partial charge on any atom is -0.396 e. The number of rotatable bonds is 2. The maximum absolute atomic E-state index is 8.48. The fraction of sp³-hybridized carbons (Fsp3) is 1.00. The van der Waals surface area contributed by atoms with E-state index in [-0.39, 0.29) is 12.1 Å². The maximum Gasteiger partial charge on any atom is 0.0448 e. The Kier molecular flexibility index (Phi) is 1.29. The minimum absolute atomic E-state index is 0.00868. The Morgan fingerprint density at radius 2 is 2.38 bits per heavy atom. The summed E-state index contributed by atoms with van der Waals surface area (Å²) in [7, 11) is 0. The van der Waals surface area contributed by atoms with Gasteiger partial charge in [-0.3, -0.25) is 0 Å². The zero-order chi connectivity index (χ0) is 6.20. The Balaban J connectivity index is 2.25. The van der Waals surface area contributed by atoms with Gasteiger partial charge in [0.15, 0.2) is 0 Å². The molecule has 3 N–H and O–H groups in total. The zero-order valence-corrected chi connectivity index (χ0v) is 5.22. The third kappa shape index (κ3) is 0.858. The van der Waals surface area contributed by atoms with Gasteiger partial charge in [0.05, 0.1) is 0 Å². The van der Waals surface area contributed by atoms with Crippen molar-refractivity contribution in [2.75, 3.05) is 6.61 Å². The summed E-state index contributed by atoms with van der Waals surface area (Å²) in [6, 6.07) is 0. The molecule has 2 heteroatoms. The minimum atomic E-state index is 0.00868. The highest BCUT2D eigenvalue weighted by molar-refractivity contribution is 5.04. The van der Waals surface area contributed by atoms with Crippen molar-refractivity contribution in [3.8, 4) is 0 Å². The molecule has 0 heterocycles. The van der Waals surface area contributed by atoms with E-state index in [2.05, 4.69) is 6.92 Å². The van der Waals surface area contributed by atoms with Crippen molar-refractivity contribution in [3.63, 3.8) is 0 Å². The van der Waals surface area contributed by atoms with Crippen molar-refractivity contribution in [1.29, 1.82) is 0 Å². The second kappa shape index (κ2) is 1.71. The molecule has 0 radical (unpaired) electrons. The zero-order valence-electron chi connectivity index (χ0n) is 5.22. The van der Waals surface area contributed by atoms with Gasteiger partial charge in [-0.25, -0.2) is 0 Å². The molecule has 1 rings (SSSR count). The fourth-order valence-corrected chi connectivity index (χ4v) is 1.07. The molecule has 1 aliphatic carbocycles. The molecule has 0 saturated heterocycles. The van der Waals surface area contributed by atoms with Crippen molar-refractivity contribution >= 4 is 0 Å². The van der Waals surface area contributed by atoms with E-state index in [0.29, 0.717) is 5.92 Å². The summed E-state index contributed by atoms with van der Waals surface area (Å²) in [6.07, 6.45) is 1.86. The Bertz CT molecular complexity index is 94.5. The summed E-state index contributed by atoms with van der Waals surface area (Å²) >= 11 is 0. The van der Waals surface area contributed by atoms with Crippen molar-refractivity contribution in [3.05, 3.63) is 0 Å².